The van der Waals surface area contributed by atoms with E-state index in [2.05, 4.69) is 49.3 Å². The molecule has 0 fully saturated rings. The standard InChI is InChI=1S/C15H15N/c1-5-12-9-13-7-6-11(4)8-14(13)16-15(12)10(2)3/h5-9H,1-2H2,3-4H3. The Morgan fingerprint density at radius 2 is 2.06 bits per heavy atom. The summed E-state index contributed by atoms with van der Waals surface area (Å²) in [7, 11) is 0. The number of aryl methyl sites for hydroxylation is 1. The van der Waals surface area contributed by atoms with Crippen LogP contribution in [0.2, 0.25) is 0 Å². The maximum atomic E-state index is 4.64. The summed E-state index contributed by atoms with van der Waals surface area (Å²) in [6.45, 7) is 11.8. The summed E-state index contributed by atoms with van der Waals surface area (Å²) >= 11 is 0. The molecular weight excluding hydrogens is 194 g/mol. The molecule has 0 aliphatic carbocycles. The van der Waals surface area contributed by atoms with Gasteiger partial charge in [0.15, 0.2) is 0 Å². The molecule has 0 bridgehead atoms. The molecule has 0 aliphatic heterocycles. The van der Waals surface area contributed by atoms with Gasteiger partial charge in [-0.15, -0.1) is 0 Å². The molecule has 0 unspecified atom stereocenters. The topological polar surface area (TPSA) is 12.9 Å². The van der Waals surface area contributed by atoms with Gasteiger partial charge < -0.3 is 0 Å². The summed E-state index contributed by atoms with van der Waals surface area (Å²) in [5, 5.41) is 1.14. The molecule has 0 N–H and O–H groups in total. The number of allylic oxidation sites excluding steroid dienone is 1. The summed E-state index contributed by atoms with van der Waals surface area (Å²) < 4.78 is 0. The van der Waals surface area contributed by atoms with Crippen molar-refractivity contribution >= 4 is 22.6 Å². The fourth-order valence-electron chi connectivity index (χ4n) is 1.79. The Kier molecular flexibility index (Phi) is 2.61. The summed E-state index contributed by atoms with van der Waals surface area (Å²) in [4.78, 5) is 4.64. The minimum absolute atomic E-state index is 0.938. The van der Waals surface area contributed by atoms with Crippen LogP contribution in [0, 0.1) is 6.92 Å². The summed E-state index contributed by atoms with van der Waals surface area (Å²) in [5.41, 5.74) is 5.19. The zero-order chi connectivity index (χ0) is 11.7. The molecule has 2 rings (SSSR count). The first kappa shape index (κ1) is 10.6. The highest BCUT2D eigenvalue weighted by Gasteiger charge is 2.05. The molecule has 0 spiro atoms. The quantitative estimate of drug-likeness (QED) is 0.721. The first-order valence-corrected chi connectivity index (χ1v) is 5.31. The Balaban J connectivity index is 2.80. The highest BCUT2D eigenvalue weighted by Crippen LogP contribution is 2.22. The highest BCUT2D eigenvalue weighted by atomic mass is 14.7. The fraction of sp³-hybridized carbons (Fsp3) is 0.133. The molecule has 0 amide bonds. The second-order valence-corrected chi connectivity index (χ2v) is 4.11. The van der Waals surface area contributed by atoms with Gasteiger partial charge in [-0.1, -0.05) is 31.4 Å². The molecule has 1 heterocycles. The van der Waals surface area contributed by atoms with Gasteiger partial charge in [-0.2, -0.15) is 0 Å². The van der Waals surface area contributed by atoms with Gasteiger partial charge in [-0.25, -0.2) is 4.98 Å². The van der Waals surface area contributed by atoms with Crippen LogP contribution in [0.4, 0.5) is 0 Å². The molecule has 1 aromatic heterocycles. The van der Waals surface area contributed by atoms with Crippen molar-refractivity contribution in [1.82, 2.24) is 4.98 Å². The summed E-state index contributed by atoms with van der Waals surface area (Å²) in [6.07, 6.45) is 1.83. The third-order valence-corrected chi connectivity index (χ3v) is 2.63. The lowest BCUT2D eigenvalue weighted by molar-refractivity contribution is 1.31. The molecule has 1 aromatic carbocycles. The molecule has 2 aromatic rings. The zero-order valence-corrected chi connectivity index (χ0v) is 9.75. The predicted octanol–water partition coefficient (Wildman–Crippen LogP) is 4.22. The monoisotopic (exact) mass is 209 g/mol. The lowest BCUT2D eigenvalue weighted by atomic mass is 10.0. The van der Waals surface area contributed by atoms with Crippen molar-refractivity contribution < 1.29 is 0 Å². The maximum absolute atomic E-state index is 4.64. The van der Waals surface area contributed by atoms with E-state index in [-0.39, 0.29) is 0 Å². The Morgan fingerprint density at radius 3 is 2.69 bits per heavy atom. The Morgan fingerprint density at radius 1 is 1.31 bits per heavy atom. The van der Waals surface area contributed by atoms with E-state index in [1.807, 2.05) is 13.0 Å². The average molecular weight is 209 g/mol. The van der Waals surface area contributed by atoms with Crippen molar-refractivity contribution in [3.05, 3.63) is 54.2 Å². The molecular formula is C15H15N. The van der Waals surface area contributed by atoms with Crippen LogP contribution in [-0.2, 0) is 0 Å². The van der Waals surface area contributed by atoms with E-state index in [0.717, 1.165) is 27.7 Å². The molecule has 0 saturated heterocycles. The zero-order valence-electron chi connectivity index (χ0n) is 9.75. The van der Waals surface area contributed by atoms with Crippen molar-refractivity contribution in [1.29, 1.82) is 0 Å². The number of pyridine rings is 1. The Bertz CT molecular complexity index is 579. The molecule has 0 atom stereocenters. The predicted molar refractivity (Wildman–Crippen MR) is 71.3 cm³/mol. The van der Waals surface area contributed by atoms with E-state index in [1.54, 1.807) is 0 Å². The minimum Gasteiger partial charge on any atom is -0.248 e. The van der Waals surface area contributed by atoms with Crippen LogP contribution < -0.4 is 0 Å². The molecule has 80 valence electrons. The van der Waals surface area contributed by atoms with E-state index in [0.29, 0.717) is 0 Å². The average Bonchev–Trinajstić information content (AvgIpc) is 2.27. The van der Waals surface area contributed by atoms with Crippen LogP contribution in [-0.4, -0.2) is 4.98 Å². The number of fused-ring (bicyclic) bond motifs is 1. The van der Waals surface area contributed by atoms with Crippen molar-refractivity contribution in [2.24, 2.45) is 0 Å². The van der Waals surface area contributed by atoms with Crippen LogP contribution in [0.5, 0.6) is 0 Å². The van der Waals surface area contributed by atoms with E-state index in [4.69, 9.17) is 0 Å². The van der Waals surface area contributed by atoms with Crippen LogP contribution in [0.3, 0.4) is 0 Å². The summed E-state index contributed by atoms with van der Waals surface area (Å²) in [6, 6.07) is 8.39. The van der Waals surface area contributed by atoms with Crippen molar-refractivity contribution in [2.45, 2.75) is 13.8 Å². The van der Waals surface area contributed by atoms with Crippen molar-refractivity contribution in [2.75, 3.05) is 0 Å². The minimum atomic E-state index is 0.938. The van der Waals surface area contributed by atoms with E-state index >= 15 is 0 Å². The van der Waals surface area contributed by atoms with Crippen molar-refractivity contribution in [3.63, 3.8) is 0 Å². The number of hydrogen-bond donors (Lipinski definition) is 0. The largest absolute Gasteiger partial charge is 0.248 e. The lowest BCUT2D eigenvalue weighted by Crippen LogP contribution is -1.92. The lowest BCUT2D eigenvalue weighted by Gasteiger charge is -2.07. The third-order valence-electron chi connectivity index (χ3n) is 2.63. The van der Waals surface area contributed by atoms with Gasteiger partial charge in [0.1, 0.15) is 0 Å². The Hall–Kier alpha value is -1.89. The third kappa shape index (κ3) is 1.76. The van der Waals surface area contributed by atoms with E-state index in [9.17, 15) is 0 Å². The van der Waals surface area contributed by atoms with Gasteiger partial charge in [0.05, 0.1) is 11.2 Å². The van der Waals surface area contributed by atoms with E-state index in [1.165, 1.54) is 5.56 Å². The van der Waals surface area contributed by atoms with Gasteiger partial charge in [-0.3, -0.25) is 0 Å². The van der Waals surface area contributed by atoms with Crippen molar-refractivity contribution in [3.8, 4) is 0 Å². The van der Waals surface area contributed by atoms with Gasteiger partial charge >= 0.3 is 0 Å². The first-order chi connectivity index (χ1) is 7.61. The van der Waals surface area contributed by atoms with Gasteiger partial charge in [-0.05, 0) is 37.1 Å². The molecule has 0 saturated carbocycles. The number of nitrogens with zero attached hydrogens (tertiary/aromatic N) is 1. The summed E-state index contributed by atoms with van der Waals surface area (Å²) in [5.74, 6) is 0. The van der Waals surface area contributed by atoms with Gasteiger partial charge in [0.25, 0.3) is 0 Å². The van der Waals surface area contributed by atoms with Crippen LogP contribution in [0.25, 0.3) is 22.6 Å². The molecule has 1 nitrogen and oxygen atoms in total. The van der Waals surface area contributed by atoms with Gasteiger partial charge in [0.2, 0.25) is 0 Å². The number of rotatable bonds is 2. The highest BCUT2D eigenvalue weighted by molar-refractivity contribution is 5.85. The molecule has 1 heteroatoms. The number of benzene rings is 1. The fourth-order valence-corrected chi connectivity index (χ4v) is 1.79. The van der Waals surface area contributed by atoms with Crippen LogP contribution >= 0.6 is 0 Å². The molecule has 16 heavy (non-hydrogen) atoms. The Labute approximate surface area is 96.1 Å². The van der Waals surface area contributed by atoms with Crippen LogP contribution in [0.1, 0.15) is 23.7 Å². The second-order valence-electron chi connectivity index (χ2n) is 4.11. The SMILES string of the molecule is C=Cc1cc2ccc(C)cc2nc1C(=C)C. The maximum Gasteiger partial charge on any atom is 0.0732 e. The molecule has 0 radical (unpaired) electrons. The molecule has 0 aliphatic rings. The van der Waals surface area contributed by atoms with Crippen LogP contribution in [0.15, 0.2) is 37.4 Å². The first-order valence-electron chi connectivity index (χ1n) is 5.31. The smallest absolute Gasteiger partial charge is 0.0732 e. The number of hydrogen-bond acceptors (Lipinski definition) is 1. The second kappa shape index (κ2) is 3.93. The number of aromatic nitrogens is 1. The van der Waals surface area contributed by atoms with E-state index < -0.39 is 0 Å². The normalized spacial score (nSPS) is 10.4. The van der Waals surface area contributed by atoms with Gasteiger partial charge in [0, 0.05) is 10.9 Å².